The fraction of sp³-hybridized carbons (Fsp3) is 1.00. The quantitative estimate of drug-likeness (QED) is 0.293. The zero-order valence-corrected chi connectivity index (χ0v) is 5.76. The Balaban J connectivity index is 0. The van der Waals surface area contributed by atoms with Gasteiger partial charge in [0.1, 0.15) is 0 Å². The first-order valence-corrected chi connectivity index (χ1v) is 2.91. The van der Waals surface area contributed by atoms with Crippen LogP contribution in [0.2, 0.25) is 0 Å². The Bertz CT molecular complexity index is 59.5. The van der Waals surface area contributed by atoms with Crippen LogP contribution in [0.5, 0.6) is 0 Å². The molecule has 1 unspecified atom stereocenters. The highest BCUT2D eigenvalue weighted by Gasteiger charge is 1.73. The van der Waals surface area contributed by atoms with Crippen molar-refractivity contribution in [1.29, 1.82) is 0 Å². The summed E-state index contributed by atoms with van der Waals surface area (Å²) in [5.74, 6) is 3.47. The van der Waals surface area contributed by atoms with Gasteiger partial charge in [0, 0.05) is 14.1 Å². The zero-order chi connectivity index (χ0) is 7.15. The second kappa shape index (κ2) is 6.94. The molecule has 6 heteroatoms. The van der Waals surface area contributed by atoms with Gasteiger partial charge in [-0.15, -0.1) is 0 Å². The average molecular weight is 141 g/mol. The summed E-state index contributed by atoms with van der Waals surface area (Å²) in [6.07, 6.45) is 0. The summed E-state index contributed by atoms with van der Waals surface area (Å²) < 4.78 is 8.59. The first kappa shape index (κ1) is 10.8. The highest BCUT2D eigenvalue weighted by Crippen LogP contribution is 1.89. The van der Waals surface area contributed by atoms with E-state index in [0.29, 0.717) is 0 Å². The molecular weight excluding hydrogens is 131 g/mol. The maximum Gasteiger partial charge on any atom is 0.485 e. The smallest absolute Gasteiger partial charge is 0.485 e. The van der Waals surface area contributed by atoms with Gasteiger partial charge in [-0.25, -0.2) is 0 Å². The monoisotopic (exact) mass is 141 g/mol. The van der Waals surface area contributed by atoms with Gasteiger partial charge in [0.2, 0.25) is 0 Å². The van der Waals surface area contributed by atoms with Crippen LogP contribution in [-0.2, 0) is 4.57 Å². The molecule has 0 aromatic carbocycles. The topological polar surface area (TPSA) is 91.2 Å². The van der Waals surface area contributed by atoms with Crippen LogP contribution in [0.4, 0.5) is 0 Å². The van der Waals surface area contributed by atoms with Crippen molar-refractivity contribution < 1.29 is 20.2 Å². The van der Waals surface area contributed by atoms with Crippen LogP contribution in [0.15, 0.2) is 0 Å². The molecule has 0 aromatic heterocycles. The van der Waals surface area contributed by atoms with Crippen LogP contribution in [0.1, 0.15) is 0 Å². The average Bonchev–Trinajstić information content (AvgIpc) is 1.25. The highest BCUT2D eigenvalue weighted by atomic mass is 31.1. The molecule has 0 heterocycles. The third-order valence-corrected chi connectivity index (χ3v) is 0. The highest BCUT2D eigenvalue weighted by molar-refractivity contribution is 7.29. The number of rotatable bonds is 0. The summed E-state index contributed by atoms with van der Waals surface area (Å²) in [6.45, 7) is 0. The minimum atomic E-state index is -3.12. The molecule has 0 radical (unpaired) electrons. The van der Waals surface area contributed by atoms with Crippen molar-refractivity contribution in [2.24, 2.45) is 0 Å². The lowest BCUT2D eigenvalue weighted by molar-refractivity contribution is -0.557. The molecule has 0 aromatic rings. The molecule has 0 aliphatic carbocycles. The molecule has 0 saturated heterocycles. The summed E-state index contributed by atoms with van der Waals surface area (Å²) in [6, 6.07) is 0. The van der Waals surface area contributed by atoms with Crippen molar-refractivity contribution in [2.45, 2.75) is 0 Å². The van der Waals surface area contributed by atoms with E-state index in [1.54, 1.807) is 5.01 Å². The molecule has 8 heavy (non-hydrogen) atoms. The third kappa shape index (κ3) is 40300. The molecule has 0 saturated carbocycles. The van der Waals surface area contributed by atoms with E-state index in [1.165, 1.54) is 0 Å². The van der Waals surface area contributed by atoms with E-state index in [0.717, 1.165) is 0 Å². The first-order chi connectivity index (χ1) is 3.46. The maximum atomic E-state index is 8.59. The van der Waals surface area contributed by atoms with Gasteiger partial charge in [-0.2, -0.15) is 9.90 Å². The molecule has 0 aliphatic heterocycles. The minimum Gasteiger partial charge on any atom is -0.567 e. The second-order valence-corrected chi connectivity index (χ2v) is 1.79. The van der Waals surface area contributed by atoms with Crippen molar-refractivity contribution >= 4 is 8.25 Å². The van der Waals surface area contributed by atoms with Crippen molar-refractivity contribution in [1.82, 2.24) is 5.01 Å². The van der Waals surface area contributed by atoms with Crippen LogP contribution >= 0.6 is 8.25 Å². The van der Waals surface area contributed by atoms with E-state index in [1.807, 2.05) is 14.1 Å². The molecule has 0 amide bonds. The number of hydrogen-bond acceptors (Lipinski definition) is 3. The number of hydrogen-bond donors (Lipinski definition) is 2. The molecule has 0 spiro atoms. The molecule has 1 atom stereocenters. The van der Waals surface area contributed by atoms with Gasteiger partial charge in [0.05, 0.1) is 0 Å². The van der Waals surface area contributed by atoms with E-state index in [9.17, 15) is 0 Å². The van der Waals surface area contributed by atoms with Crippen molar-refractivity contribution in [2.75, 3.05) is 14.1 Å². The fourth-order valence-corrected chi connectivity index (χ4v) is 0. The number of quaternary nitrogens is 1. The van der Waals surface area contributed by atoms with Crippen LogP contribution in [-0.4, -0.2) is 24.0 Å². The van der Waals surface area contributed by atoms with Crippen LogP contribution in [0.3, 0.4) is 0 Å². The Morgan fingerprint density at radius 2 is 1.75 bits per heavy atom. The van der Waals surface area contributed by atoms with Gasteiger partial charge < -0.3 is 4.89 Å². The fourth-order valence-electron chi connectivity index (χ4n) is 0. The third-order valence-electron chi connectivity index (χ3n) is 0. The molecule has 0 bridgehead atoms. The van der Waals surface area contributed by atoms with Crippen LogP contribution in [0.25, 0.3) is 0 Å². The minimum absolute atomic E-state index is 1.75. The molecule has 0 rings (SSSR count). The lowest BCUT2D eigenvalue weighted by Crippen LogP contribution is -2.62. The normalized spacial score (nSPS) is 10.0. The SMILES string of the molecule is CN(C)[NH3+].O=[P+]([O-])O. The second-order valence-electron chi connectivity index (χ2n) is 1.32. The Hall–Kier alpha value is -0.0600. The lowest BCUT2D eigenvalue weighted by atomic mass is 11.2. The molecule has 5 nitrogen and oxygen atoms in total. The van der Waals surface area contributed by atoms with Gasteiger partial charge in [-0.1, -0.05) is 0 Å². The van der Waals surface area contributed by atoms with Gasteiger partial charge >= 0.3 is 8.25 Å². The molecular formula is C2H10N2O3P+. The van der Waals surface area contributed by atoms with Crippen molar-refractivity contribution in [3.05, 3.63) is 0 Å². The lowest BCUT2D eigenvalue weighted by Gasteiger charge is -1.86. The molecule has 50 valence electrons. The molecule has 0 aliphatic rings. The Morgan fingerprint density at radius 1 is 1.75 bits per heavy atom. The van der Waals surface area contributed by atoms with Gasteiger partial charge in [-0.05, 0) is 4.57 Å². The van der Waals surface area contributed by atoms with E-state index in [-0.39, 0.29) is 0 Å². The summed E-state index contributed by atoms with van der Waals surface area (Å²) >= 11 is 0. The standard InChI is InChI=1S/C2H8N2.HO3P/c2*1-4(2)3/h3H2,1-2H3;(H,1,2,3)/p+1. The van der Waals surface area contributed by atoms with E-state index < -0.39 is 8.25 Å². The number of nitrogens with zero attached hydrogens (tertiary/aromatic N) is 1. The van der Waals surface area contributed by atoms with Crippen LogP contribution in [0, 0.1) is 0 Å². The Morgan fingerprint density at radius 3 is 1.75 bits per heavy atom. The Kier molecular flexibility index (Phi) is 9.40. The molecule has 0 fully saturated rings. The van der Waals surface area contributed by atoms with Crippen molar-refractivity contribution in [3.8, 4) is 0 Å². The van der Waals surface area contributed by atoms with Crippen molar-refractivity contribution in [3.63, 3.8) is 0 Å². The Labute approximate surface area is 48.6 Å². The van der Waals surface area contributed by atoms with Crippen LogP contribution < -0.4 is 10.7 Å². The predicted molar refractivity (Wildman–Crippen MR) is 26.4 cm³/mol. The summed E-state index contributed by atoms with van der Waals surface area (Å²) in [7, 11) is 0.657. The van der Waals surface area contributed by atoms with E-state index in [2.05, 4.69) is 5.84 Å². The summed E-state index contributed by atoms with van der Waals surface area (Å²) in [5, 5.41) is 1.75. The summed E-state index contributed by atoms with van der Waals surface area (Å²) in [5.41, 5.74) is 0. The van der Waals surface area contributed by atoms with Gasteiger partial charge in [0.15, 0.2) is 0 Å². The van der Waals surface area contributed by atoms with E-state index in [4.69, 9.17) is 14.4 Å². The molecule has 4 N–H and O–H groups in total. The summed E-state index contributed by atoms with van der Waals surface area (Å²) in [4.78, 5) is 15.6. The van der Waals surface area contributed by atoms with E-state index >= 15 is 0 Å². The largest absolute Gasteiger partial charge is 0.567 e. The van der Waals surface area contributed by atoms with Gasteiger partial charge in [-0.3, -0.25) is 5.84 Å². The predicted octanol–water partition coefficient (Wildman–Crippen LogP) is -2.30. The zero-order valence-electron chi connectivity index (χ0n) is 4.87. The first-order valence-electron chi connectivity index (χ1n) is 1.78. The maximum absolute atomic E-state index is 8.59. The van der Waals surface area contributed by atoms with Gasteiger partial charge in [0.25, 0.3) is 0 Å².